The highest BCUT2D eigenvalue weighted by atomic mass is 35.5. The number of nitrogens with one attached hydrogen (secondary N) is 3. The molecule has 0 saturated carbocycles. The van der Waals surface area contributed by atoms with E-state index in [1.807, 2.05) is 29.8 Å². The fraction of sp³-hybridized carbons (Fsp3) is 0.148. The van der Waals surface area contributed by atoms with Crippen molar-refractivity contribution >= 4 is 69.5 Å². The molecule has 0 fully saturated rings. The summed E-state index contributed by atoms with van der Waals surface area (Å²) in [6.07, 6.45) is 0. The fourth-order valence-corrected chi connectivity index (χ4v) is 5.72. The zero-order chi connectivity index (χ0) is 26.5. The van der Waals surface area contributed by atoms with Crippen molar-refractivity contribution in [2.45, 2.75) is 19.8 Å². The number of rotatable bonds is 7. The van der Waals surface area contributed by atoms with E-state index in [9.17, 15) is 14.9 Å². The lowest BCUT2D eigenvalue weighted by molar-refractivity contribution is -0.114. The minimum Gasteiger partial charge on any atom is -0.353 e. The van der Waals surface area contributed by atoms with E-state index in [1.54, 1.807) is 43.3 Å². The predicted octanol–water partition coefficient (Wildman–Crippen LogP) is 7.07. The van der Waals surface area contributed by atoms with E-state index >= 15 is 0 Å². The van der Waals surface area contributed by atoms with Crippen LogP contribution in [0, 0.1) is 18.3 Å². The highest BCUT2D eigenvalue weighted by Crippen LogP contribution is 2.41. The van der Waals surface area contributed by atoms with Gasteiger partial charge in [-0.05, 0) is 78.2 Å². The molecule has 2 heterocycles. The summed E-state index contributed by atoms with van der Waals surface area (Å²) >= 11 is 14.8. The molecule has 0 radical (unpaired) electrons. The molecule has 10 heteroatoms. The number of hydrogen-bond donors (Lipinski definition) is 3. The van der Waals surface area contributed by atoms with Gasteiger partial charge in [0.05, 0.1) is 28.3 Å². The second-order valence-corrected chi connectivity index (χ2v) is 10.9. The standard InChI is InChI=1S/C27H22Cl2N4O2S2/c1-15-3-6-20(11-22(15)29)32-23(34)14-37-27-21(12-30)25(17-9-10-36-13-17)24(16(2)31-27)26(35)33-19-7-4-18(28)5-8-19/h3-11,13,25,31H,14H2,1-2H3,(H,32,34)(H,33,35). The van der Waals surface area contributed by atoms with Crippen LogP contribution >= 0.6 is 46.3 Å². The van der Waals surface area contributed by atoms with Gasteiger partial charge in [0.25, 0.3) is 5.91 Å². The third kappa shape index (κ3) is 6.38. The molecule has 37 heavy (non-hydrogen) atoms. The van der Waals surface area contributed by atoms with Gasteiger partial charge < -0.3 is 16.0 Å². The molecule has 2 amide bonds. The Morgan fingerprint density at radius 1 is 1.08 bits per heavy atom. The van der Waals surface area contributed by atoms with E-state index in [2.05, 4.69) is 22.0 Å². The SMILES string of the molecule is CC1=C(C(=O)Nc2ccc(Cl)cc2)C(c2ccsc2)C(C#N)=C(SCC(=O)Nc2ccc(C)c(Cl)c2)N1. The number of carbonyl (C=O) groups is 2. The van der Waals surface area contributed by atoms with Crippen molar-refractivity contribution in [2.24, 2.45) is 0 Å². The molecule has 1 aliphatic heterocycles. The molecule has 0 saturated heterocycles. The number of carbonyl (C=O) groups excluding carboxylic acids is 2. The van der Waals surface area contributed by atoms with Gasteiger partial charge in [-0.2, -0.15) is 16.6 Å². The third-order valence-electron chi connectivity index (χ3n) is 5.67. The Kier molecular flexibility index (Phi) is 8.62. The quantitative estimate of drug-likeness (QED) is 0.283. The maximum Gasteiger partial charge on any atom is 0.254 e. The second-order valence-electron chi connectivity index (χ2n) is 8.27. The maximum absolute atomic E-state index is 13.4. The number of nitrogens with zero attached hydrogens (tertiary/aromatic N) is 1. The summed E-state index contributed by atoms with van der Waals surface area (Å²) in [6, 6.07) is 16.3. The molecule has 0 spiro atoms. The van der Waals surface area contributed by atoms with Crippen LogP contribution in [0.1, 0.15) is 24.0 Å². The lowest BCUT2D eigenvalue weighted by Crippen LogP contribution is -2.31. The van der Waals surface area contributed by atoms with Gasteiger partial charge in [0, 0.05) is 32.7 Å². The number of dihydropyridines is 1. The van der Waals surface area contributed by atoms with Crippen LogP contribution in [0.5, 0.6) is 0 Å². The Bertz CT molecular complexity index is 1440. The number of halogens is 2. The van der Waals surface area contributed by atoms with Gasteiger partial charge in [-0.25, -0.2) is 0 Å². The van der Waals surface area contributed by atoms with Gasteiger partial charge in [0.15, 0.2) is 0 Å². The minimum atomic E-state index is -0.578. The van der Waals surface area contributed by atoms with Crippen LogP contribution in [0.3, 0.4) is 0 Å². The van der Waals surface area contributed by atoms with Crippen LogP contribution in [0.25, 0.3) is 0 Å². The molecule has 4 rings (SSSR count). The summed E-state index contributed by atoms with van der Waals surface area (Å²) in [6.45, 7) is 3.68. The molecular weight excluding hydrogens is 547 g/mol. The Morgan fingerprint density at radius 3 is 2.46 bits per heavy atom. The van der Waals surface area contributed by atoms with Gasteiger partial charge in [0.1, 0.15) is 0 Å². The maximum atomic E-state index is 13.4. The van der Waals surface area contributed by atoms with Gasteiger partial charge in [-0.3, -0.25) is 9.59 Å². The van der Waals surface area contributed by atoms with Crippen LogP contribution in [-0.2, 0) is 9.59 Å². The van der Waals surface area contributed by atoms with E-state index in [4.69, 9.17) is 23.2 Å². The summed E-state index contributed by atoms with van der Waals surface area (Å²) in [4.78, 5) is 26.1. The predicted molar refractivity (Wildman–Crippen MR) is 153 cm³/mol. The number of thioether (sulfide) groups is 1. The monoisotopic (exact) mass is 568 g/mol. The first kappa shape index (κ1) is 26.8. The molecular formula is C27H22Cl2N4O2S2. The topological polar surface area (TPSA) is 94.0 Å². The van der Waals surface area contributed by atoms with E-state index < -0.39 is 5.92 Å². The Balaban J connectivity index is 1.56. The first-order valence-corrected chi connectivity index (χ1v) is 13.8. The van der Waals surface area contributed by atoms with Gasteiger partial charge in [-0.1, -0.05) is 41.0 Å². The summed E-state index contributed by atoms with van der Waals surface area (Å²) < 4.78 is 0. The molecule has 0 bridgehead atoms. The van der Waals surface area contributed by atoms with Crippen molar-refractivity contribution in [3.63, 3.8) is 0 Å². The van der Waals surface area contributed by atoms with Gasteiger partial charge in [-0.15, -0.1) is 0 Å². The Labute approximate surface area is 233 Å². The van der Waals surface area contributed by atoms with E-state index in [0.717, 1.165) is 11.1 Å². The molecule has 1 atom stereocenters. The lowest BCUT2D eigenvalue weighted by atomic mass is 9.83. The van der Waals surface area contributed by atoms with Crippen molar-refractivity contribution < 1.29 is 9.59 Å². The number of allylic oxidation sites excluding steroid dienone is 2. The van der Waals surface area contributed by atoms with Crippen molar-refractivity contribution in [1.29, 1.82) is 5.26 Å². The van der Waals surface area contributed by atoms with E-state index in [1.165, 1.54) is 23.1 Å². The molecule has 1 aliphatic rings. The fourth-order valence-electron chi connectivity index (χ4n) is 3.84. The average molecular weight is 570 g/mol. The van der Waals surface area contributed by atoms with Crippen LogP contribution in [0.4, 0.5) is 11.4 Å². The second kappa shape index (κ2) is 11.9. The van der Waals surface area contributed by atoms with Crippen molar-refractivity contribution in [1.82, 2.24) is 5.32 Å². The third-order valence-corrected chi connectivity index (χ3v) is 8.05. The number of amides is 2. The summed E-state index contributed by atoms with van der Waals surface area (Å²) in [5.74, 6) is -1.08. The number of thiophene rings is 1. The summed E-state index contributed by atoms with van der Waals surface area (Å²) in [7, 11) is 0. The van der Waals surface area contributed by atoms with Crippen LogP contribution in [0.2, 0.25) is 10.0 Å². The Hall–Kier alpha value is -3.22. The largest absolute Gasteiger partial charge is 0.353 e. The molecule has 1 unspecified atom stereocenters. The van der Waals surface area contributed by atoms with Gasteiger partial charge in [0.2, 0.25) is 5.91 Å². The normalized spacial score (nSPS) is 15.2. The van der Waals surface area contributed by atoms with Crippen LogP contribution in [0.15, 0.2) is 81.2 Å². The molecule has 6 nitrogen and oxygen atoms in total. The number of hydrogen-bond acceptors (Lipinski definition) is 6. The number of aryl methyl sites for hydroxylation is 1. The minimum absolute atomic E-state index is 0.0644. The average Bonchev–Trinajstić information content (AvgIpc) is 3.40. The molecule has 3 N–H and O–H groups in total. The zero-order valence-electron chi connectivity index (χ0n) is 19.9. The van der Waals surface area contributed by atoms with Crippen LogP contribution in [-0.4, -0.2) is 17.6 Å². The molecule has 188 valence electrons. The first-order valence-electron chi connectivity index (χ1n) is 11.2. The molecule has 0 aliphatic carbocycles. The molecule has 2 aromatic carbocycles. The van der Waals surface area contributed by atoms with Crippen molar-refractivity contribution in [3.05, 3.63) is 102 Å². The van der Waals surface area contributed by atoms with E-state index in [0.29, 0.717) is 43.3 Å². The highest BCUT2D eigenvalue weighted by Gasteiger charge is 2.35. The lowest BCUT2D eigenvalue weighted by Gasteiger charge is -2.29. The van der Waals surface area contributed by atoms with E-state index in [-0.39, 0.29) is 17.6 Å². The first-order chi connectivity index (χ1) is 17.8. The molecule has 3 aromatic rings. The van der Waals surface area contributed by atoms with Gasteiger partial charge >= 0.3 is 0 Å². The summed E-state index contributed by atoms with van der Waals surface area (Å²) in [5.41, 5.74) is 4.36. The summed E-state index contributed by atoms with van der Waals surface area (Å²) in [5, 5.41) is 24.6. The van der Waals surface area contributed by atoms with Crippen molar-refractivity contribution in [2.75, 3.05) is 16.4 Å². The molecule has 1 aromatic heterocycles. The number of benzene rings is 2. The van der Waals surface area contributed by atoms with Crippen molar-refractivity contribution in [3.8, 4) is 6.07 Å². The Morgan fingerprint density at radius 2 is 1.81 bits per heavy atom. The zero-order valence-corrected chi connectivity index (χ0v) is 23.0. The number of anilines is 2. The highest BCUT2D eigenvalue weighted by molar-refractivity contribution is 8.03. The smallest absolute Gasteiger partial charge is 0.254 e. The number of nitriles is 1. The van der Waals surface area contributed by atoms with Crippen LogP contribution < -0.4 is 16.0 Å².